The van der Waals surface area contributed by atoms with Gasteiger partial charge in [0.1, 0.15) is 6.29 Å². The van der Waals surface area contributed by atoms with Crippen molar-refractivity contribution >= 4 is 11.9 Å². The molecule has 3 nitrogen and oxygen atoms in total. The van der Waals surface area contributed by atoms with Crippen molar-refractivity contribution in [2.75, 3.05) is 14.2 Å². The average Bonchev–Trinajstić information content (AvgIpc) is 2.52. The fraction of sp³-hybridized carbons (Fsp3) is 0.118. The lowest BCUT2D eigenvalue weighted by Crippen LogP contribution is -1.94. The third-order valence-corrected chi connectivity index (χ3v) is 3.01. The van der Waals surface area contributed by atoms with E-state index in [1.54, 1.807) is 20.3 Å². The first-order chi connectivity index (χ1) is 9.80. The van der Waals surface area contributed by atoms with E-state index in [1.807, 2.05) is 48.5 Å². The zero-order valence-corrected chi connectivity index (χ0v) is 11.5. The van der Waals surface area contributed by atoms with Gasteiger partial charge in [0.25, 0.3) is 0 Å². The van der Waals surface area contributed by atoms with Crippen LogP contribution in [0, 0.1) is 0 Å². The van der Waals surface area contributed by atoms with Gasteiger partial charge in [0, 0.05) is 0 Å². The first-order valence-corrected chi connectivity index (χ1v) is 6.23. The normalized spacial score (nSPS) is 11.0. The molecule has 2 aromatic rings. The second-order valence-corrected chi connectivity index (χ2v) is 4.15. The van der Waals surface area contributed by atoms with Gasteiger partial charge in [0.2, 0.25) is 0 Å². The van der Waals surface area contributed by atoms with E-state index in [2.05, 4.69) is 0 Å². The minimum absolute atomic E-state index is 0.637. The quantitative estimate of drug-likeness (QED) is 0.616. The van der Waals surface area contributed by atoms with E-state index in [0.29, 0.717) is 11.5 Å². The number of hydrogen-bond donors (Lipinski definition) is 0. The van der Waals surface area contributed by atoms with E-state index in [-0.39, 0.29) is 0 Å². The number of ether oxygens (including phenoxy) is 2. The minimum Gasteiger partial charge on any atom is -0.493 e. The standard InChI is InChI=1S/C17H16O3/c1-19-16-9-8-14(12-17(16)20-2)15(10-11-18)13-6-4-3-5-7-13/h3-12H,1-2H3/b15-10+. The molecule has 0 radical (unpaired) electrons. The van der Waals surface area contributed by atoms with Gasteiger partial charge in [-0.2, -0.15) is 0 Å². The maximum Gasteiger partial charge on any atom is 0.161 e. The molecule has 0 amide bonds. The Bertz CT molecular complexity index is 615. The van der Waals surface area contributed by atoms with Crippen molar-refractivity contribution in [1.82, 2.24) is 0 Å². The molecule has 0 aliphatic carbocycles. The average molecular weight is 268 g/mol. The lowest BCUT2D eigenvalue weighted by atomic mass is 9.97. The Labute approximate surface area is 118 Å². The summed E-state index contributed by atoms with van der Waals surface area (Å²) < 4.78 is 10.5. The largest absolute Gasteiger partial charge is 0.493 e. The molecule has 3 heteroatoms. The number of carbonyl (C=O) groups is 1. The fourth-order valence-electron chi connectivity index (χ4n) is 2.05. The van der Waals surface area contributed by atoms with Gasteiger partial charge in [-0.05, 0) is 34.9 Å². The van der Waals surface area contributed by atoms with Gasteiger partial charge in [-0.15, -0.1) is 0 Å². The highest BCUT2D eigenvalue weighted by Crippen LogP contribution is 2.32. The number of hydrogen-bond acceptors (Lipinski definition) is 3. The molecule has 2 aromatic carbocycles. The van der Waals surface area contributed by atoms with Crippen LogP contribution in [0.1, 0.15) is 11.1 Å². The number of benzene rings is 2. The summed E-state index contributed by atoms with van der Waals surface area (Å²) in [4.78, 5) is 10.9. The van der Waals surface area contributed by atoms with Crippen LogP contribution in [0.4, 0.5) is 0 Å². The zero-order valence-electron chi connectivity index (χ0n) is 11.5. The van der Waals surface area contributed by atoms with Crippen LogP contribution in [-0.2, 0) is 4.79 Å². The Balaban J connectivity index is 2.51. The highest BCUT2D eigenvalue weighted by molar-refractivity contribution is 5.90. The van der Waals surface area contributed by atoms with Crippen molar-refractivity contribution < 1.29 is 14.3 Å². The number of aldehydes is 1. The van der Waals surface area contributed by atoms with Crippen LogP contribution in [0.15, 0.2) is 54.6 Å². The van der Waals surface area contributed by atoms with Crippen LogP contribution in [0.2, 0.25) is 0 Å². The number of allylic oxidation sites excluding steroid dienone is 1. The molecule has 0 aliphatic rings. The van der Waals surface area contributed by atoms with Gasteiger partial charge in [-0.25, -0.2) is 0 Å². The van der Waals surface area contributed by atoms with Crippen molar-refractivity contribution in [3.8, 4) is 11.5 Å². The summed E-state index contributed by atoms with van der Waals surface area (Å²) in [7, 11) is 3.18. The fourth-order valence-corrected chi connectivity index (χ4v) is 2.05. The number of carbonyl (C=O) groups excluding carboxylic acids is 1. The molecule has 102 valence electrons. The topological polar surface area (TPSA) is 35.5 Å². The van der Waals surface area contributed by atoms with Crippen LogP contribution >= 0.6 is 0 Å². The van der Waals surface area contributed by atoms with Crippen LogP contribution in [0.5, 0.6) is 11.5 Å². The predicted molar refractivity (Wildman–Crippen MR) is 79.1 cm³/mol. The van der Waals surface area contributed by atoms with Gasteiger partial charge >= 0.3 is 0 Å². The molecule has 0 saturated carbocycles. The molecule has 0 spiro atoms. The number of rotatable bonds is 5. The van der Waals surface area contributed by atoms with Crippen molar-refractivity contribution in [3.05, 3.63) is 65.7 Å². The van der Waals surface area contributed by atoms with E-state index in [4.69, 9.17) is 9.47 Å². The van der Waals surface area contributed by atoms with Crippen molar-refractivity contribution in [2.24, 2.45) is 0 Å². The molecule has 0 saturated heterocycles. The van der Waals surface area contributed by atoms with E-state index in [1.165, 1.54) is 0 Å². The maximum atomic E-state index is 10.9. The highest BCUT2D eigenvalue weighted by atomic mass is 16.5. The van der Waals surface area contributed by atoms with Gasteiger partial charge in [0.15, 0.2) is 11.5 Å². The molecule has 0 N–H and O–H groups in total. The number of methoxy groups -OCH3 is 2. The van der Waals surface area contributed by atoms with Crippen LogP contribution in [0.3, 0.4) is 0 Å². The maximum absolute atomic E-state index is 10.9. The lowest BCUT2D eigenvalue weighted by Gasteiger charge is -2.12. The predicted octanol–water partition coefficient (Wildman–Crippen LogP) is 3.33. The van der Waals surface area contributed by atoms with Gasteiger partial charge in [0.05, 0.1) is 14.2 Å². The summed E-state index contributed by atoms with van der Waals surface area (Å²) in [5, 5.41) is 0. The van der Waals surface area contributed by atoms with Crippen LogP contribution < -0.4 is 9.47 Å². The third-order valence-electron chi connectivity index (χ3n) is 3.01. The third kappa shape index (κ3) is 2.88. The highest BCUT2D eigenvalue weighted by Gasteiger charge is 2.09. The smallest absolute Gasteiger partial charge is 0.161 e. The van der Waals surface area contributed by atoms with Crippen LogP contribution in [0.25, 0.3) is 5.57 Å². The summed E-state index contributed by atoms with van der Waals surface area (Å²) in [6.07, 6.45) is 2.34. The molecular weight excluding hydrogens is 252 g/mol. The summed E-state index contributed by atoms with van der Waals surface area (Å²) in [5.74, 6) is 1.30. The Morgan fingerprint density at radius 1 is 0.900 bits per heavy atom. The molecule has 0 heterocycles. The molecule has 0 fully saturated rings. The van der Waals surface area contributed by atoms with Crippen molar-refractivity contribution in [3.63, 3.8) is 0 Å². The van der Waals surface area contributed by atoms with Crippen LogP contribution in [-0.4, -0.2) is 20.5 Å². The summed E-state index contributed by atoms with van der Waals surface area (Å²) in [5.41, 5.74) is 2.73. The zero-order chi connectivity index (χ0) is 14.4. The molecule has 0 unspecified atom stereocenters. The molecule has 0 aliphatic heterocycles. The SMILES string of the molecule is COc1ccc(/C(=C/C=O)c2ccccc2)cc1OC. The van der Waals surface area contributed by atoms with E-state index < -0.39 is 0 Å². The Morgan fingerprint density at radius 3 is 2.20 bits per heavy atom. The van der Waals surface area contributed by atoms with Crippen molar-refractivity contribution in [2.45, 2.75) is 0 Å². The minimum atomic E-state index is 0.637. The summed E-state index contributed by atoms with van der Waals surface area (Å²) in [6.45, 7) is 0. The second kappa shape index (κ2) is 6.57. The lowest BCUT2D eigenvalue weighted by molar-refractivity contribution is -0.104. The Morgan fingerprint density at radius 2 is 1.60 bits per heavy atom. The monoisotopic (exact) mass is 268 g/mol. The van der Waals surface area contributed by atoms with E-state index in [0.717, 1.165) is 23.0 Å². The first-order valence-electron chi connectivity index (χ1n) is 6.23. The second-order valence-electron chi connectivity index (χ2n) is 4.15. The Hall–Kier alpha value is -2.55. The van der Waals surface area contributed by atoms with Gasteiger partial charge < -0.3 is 9.47 Å². The van der Waals surface area contributed by atoms with Gasteiger partial charge in [-0.1, -0.05) is 36.4 Å². The summed E-state index contributed by atoms with van der Waals surface area (Å²) in [6, 6.07) is 15.3. The Kier molecular flexibility index (Phi) is 4.56. The van der Waals surface area contributed by atoms with Crippen molar-refractivity contribution in [1.29, 1.82) is 0 Å². The summed E-state index contributed by atoms with van der Waals surface area (Å²) >= 11 is 0. The molecule has 0 aromatic heterocycles. The molecule has 20 heavy (non-hydrogen) atoms. The molecular formula is C17H16O3. The molecule has 0 atom stereocenters. The van der Waals surface area contributed by atoms with E-state index in [9.17, 15) is 4.79 Å². The van der Waals surface area contributed by atoms with E-state index >= 15 is 0 Å². The first kappa shape index (κ1) is 13.9. The molecule has 0 bridgehead atoms. The van der Waals surface area contributed by atoms with Gasteiger partial charge in [-0.3, -0.25) is 4.79 Å². The molecule has 2 rings (SSSR count).